The highest BCUT2D eigenvalue weighted by molar-refractivity contribution is 6.22. The summed E-state index contributed by atoms with van der Waals surface area (Å²) in [4.78, 5) is 1.64. The van der Waals surface area contributed by atoms with E-state index in [0.717, 1.165) is 22.0 Å². The second-order valence-corrected chi connectivity index (χ2v) is 5.17. The summed E-state index contributed by atoms with van der Waals surface area (Å²) >= 11 is 0. The molecule has 0 heterocycles. The second kappa shape index (κ2) is 5.82. The predicted molar refractivity (Wildman–Crippen MR) is 93.1 cm³/mol. The fourth-order valence-electron chi connectivity index (χ4n) is 2.53. The van der Waals surface area contributed by atoms with Crippen molar-refractivity contribution in [3.63, 3.8) is 0 Å². The van der Waals surface area contributed by atoms with Crippen LogP contribution >= 0.6 is 0 Å². The lowest BCUT2D eigenvalue weighted by Crippen LogP contribution is -2.34. The molecule has 0 radical (unpaired) electrons. The predicted octanol–water partition coefficient (Wildman–Crippen LogP) is 4.67. The highest BCUT2D eigenvalue weighted by Crippen LogP contribution is 2.20. The Balaban J connectivity index is 2.04. The zero-order valence-corrected chi connectivity index (χ0v) is 12.4. The number of hydrogen-bond donors (Lipinski definition) is 2. The third-order valence-electron chi connectivity index (χ3n) is 3.60. The van der Waals surface area contributed by atoms with Crippen molar-refractivity contribution in [2.75, 3.05) is 4.90 Å². The molecule has 22 heavy (non-hydrogen) atoms. The van der Waals surface area contributed by atoms with E-state index in [-0.39, 0.29) is 0 Å². The molecule has 3 nitrogen and oxygen atoms in total. The van der Waals surface area contributed by atoms with Crippen LogP contribution in [0.4, 0.5) is 5.69 Å². The standard InChI is InChI=1S/C19H17N3/c1-14(20)22(18-9-3-2-4-10-18)19(21)17-12-11-15-7-5-6-8-16(15)13-17/h2-13,20-21H,1H3. The summed E-state index contributed by atoms with van der Waals surface area (Å²) in [6.07, 6.45) is 0. The summed E-state index contributed by atoms with van der Waals surface area (Å²) < 4.78 is 0. The summed E-state index contributed by atoms with van der Waals surface area (Å²) in [7, 11) is 0. The lowest BCUT2D eigenvalue weighted by Gasteiger charge is -2.24. The minimum absolute atomic E-state index is 0.310. The largest absolute Gasteiger partial charge is 0.288 e. The van der Waals surface area contributed by atoms with Gasteiger partial charge in [-0.25, -0.2) is 0 Å². The molecule has 0 spiro atoms. The first kappa shape index (κ1) is 14.0. The lowest BCUT2D eigenvalue weighted by atomic mass is 10.1. The van der Waals surface area contributed by atoms with Gasteiger partial charge in [-0.3, -0.25) is 15.7 Å². The monoisotopic (exact) mass is 287 g/mol. The van der Waals surface area contributed by atoms with Gasteiger partial charge >= 0.3 is 0 Å². The summed E-state index contributed by atoms with van der Waals surface area (Å²) in [6, 6.07) is 23.6. The maximum absolute atomic E-state index is 8.52. The average Bonchev–Trinajstić information content (AvgIpc) is 2.55. The van der Waals surface area contributed by atoms with Gasteiger partial charge in [0, 0.05) is 11.3 Å². The number of para-hydroxylation sites is 1. The van der Waals surface area contributed by atoms with Crippen LogP contribution in [0.25, 0.3) is 10.8 Å². The number of benzene rings is 3. The Bertz CT molecular complexity index is 837. The third-order valence-corrected chi connectivity index (χ3v) is 3.60. The van der Waals surface area contributed by atoms with Crippen LogP contribution in [-0.4, -0.2) is 11.7 Å². The van der Waals surface area contributed by atoms with Crippen LogP contribution < -0.4 is 4.90 Å². The fourth-order valence-corrected chi connectivity index (χ4v) is 2.53. The molecule has 3 aromatic rings. The van der Waals surface area contributed by atoms with Crippen LogP contribution in [0.15, 0.2) is 72.8 Å². The van der Waals surface area contributed by atoms with Crippen molar-refractivity contribution in [3.05, 3.63) is 78.4 Å². The van der Waals surface area contributed by atoms with Gasteiger partial charge in [0.1, 0.15) is 11.7 Å². The van der Waals surface area contributed by atoms with Gasteiger partial charge in [0.05, 0.1) is 0 Å². The summed E-state index contributed by atoms with van der Waals surface area (Å²) in [5.41, 5.74) is 1.63. The van der Waals surface area contributed by atoms with Crippen molar-refractivity contribution >= 4 is 28.1 Å². The van der Waals surface area contributed by atoms with Crippen LogP contribution in [0.3, 0.4) is 0 Å². The summed E-state index contributed by atoms with van der Waals surface area (Å²) in [6.45, 7) is 1.70. The third kappa shape index (κ3) is 2.61. The zero-order chi connectivity index (χ0) is 15.5. The van der Waals surface area contributed by atoms with E-state index in [1.54, 1.807) is 11.8 Å². The van der Waals surface area contributed by atoms with Gasteiger partial charge in [0.25, 0.3) is 0 Å². The molecule has 0 saturated carbocycles. The van der Waals surface area contributed by atoms with E-state index in [9.17, 15) is 0 Å². The first-order chi connectivity index (χ1) is 10.7. The molecule has 0 unspecified atom stereocenters. The molecule has 0 aliphatic carbocycles. The van der Waals surface area contributed by atoms with Gasteiger partial charge in [-0.2, -0.15) is 0 Å². The Kier molecular flexibility index (Phi) is 3.71. The van der Waals surface area contributed by atoms with Crippen molar-refractivity contribution in [2.45, 2.75) is 6.92 Å². The molecule has 0 fully saturated rings. The molecule has 0 aromatic heterocycles. The maximum atomic E-state index is 8.52. The Morgan fingerprint density at radius 2 is 1.41 bits per heavy atom. The smallest absolute Gasteiger partial charge is 0.138 e. The molecule has 3 aromatic carbocycles. The van der Waals surface area contributed by atoms with Crippen molar-refractivity contribution in [1.29, 1.82) is 10.8 Å². The van der Waals surface area contributed by atoms with Crippen molar-refractivity contribution < 1.29 is 0 Å². The van der Waals surface area contributed by atoms with Crippen LogP contribution in [0, 0.1) is 10.8 Å². The summed E-state index contributed by atoms with van der Waals surface area (Å²) in [5.74, 6) is 0.633. The minimum atomic E-state index is 0.310. The molecule has 0 aliphatic rings. The number of nitrogens with one attached hydrogen (secondary N) is 2. The van der Waals surface area contributed by atoms with E-state index < -0.39 is 0 Å². The molecule has 2 N–H and O–H groups in total. The molecule has 108 valence electrons. The molecule has 0 bridgehead atoms. The van der Waals surface area contributed by atoms with Crippen molar-refractivity contribution in [2.24, 2.45) is 0 Å². The van der Waals surface area contributed by atoms with Gasteiger partial charge in [0.15, 0.2) is 0 Å². The highest BCUT2D eigenvalue weighted by Gasteiger charge is 2.16. The van der Waals surface area contributed by atoms with E-state index in [2.05, 4.69) is 6.07 Å². The van der Waals surface area contributed by atoms with E-state index >= 15 is 0 Å². The number of rotatable bonds is 2. The fraction of sp³-hybridized carbons (Fsp3) is 0.0526. The Labute approximate surface area is 129 Å². The van der Waals surface area contributed by atoms with Crippen LogP contribution in [0.1, 0.15) is 12.5 Å². The lowest BCUT2D eigenvalue weighted by molar-refractivity contribution is 1.28. The molecular weight excluding hydrogens is 270 g/mol. The van der Waals surface area contributed by atoms with E-state index in [0.29, 0.717) is 11.7 Å². The van der Waals surface area contributed by atoms with Crippen LogP contribution in [-0.2, 0) is 0 Å². The first-order valence-electron chi connectivity index (χ1n) is 7.15. The first-order valence-corrected chi connectivity index (χ1v) is 7.15. The van der Waals surface area contributed by atoms with Gasteiger partial charge in [0.2, 0.25) is 0 Å². The Hall–Kier alpha value is -2.94. The number of amidine groups is 2. The number of anilines is 1. The Morgan fingerprint density at radius 1 is 0.773 bits per heavy atom. The molecule has 0 amide bonds. The Morgan fingerprint density at radius 3 is 2.09 bits per heavy atom. The number of fused-ring (bicyclic) bond motifs is 1. The number of nitrogens with zero attached hydrogens (tertiary/aromatic N) is 1. The molecule has 0 atom stereocenters. The van der Waals surface area contributed by atoms with Gasteiger partial charge in [-0.05, 0) is 35.9 Å². The van der Waals surface area contributed by atoms with Crippen molar-refractivity contribution in [1.82, 2.24) is 0 Å². The normalized spacial score (nSPS) is 10.4. The minimum Gasteiger partial charge on any atom is -0.288 e. The zero-order valence-electron chi connectivity index (χ0n) is 12.4. The second-order valence-electron chi connectivity index (χ2n) is 5.17. The number of hydrogen-bond acceptors (Lipinski definition) is 2. The quantitative estimate of drug-likeness (QED) is 0.522. The summed E-state index contributed by atoms with van der Waals surface area (Å²) in [5, 5.41) is 18.8. The highest BCUT2D eigenvalue weighted by atomic mass is 15.2. The van der Waals surface area contributed by atoms with Crippen molar-refractivity contribution in [3.8, 4) is 0 Å². The topological polar surface area (TPSA) is 50.9 Å². The van der Waals surface area contributed by atoms with Crippen LogP contribution in [0.2, 0.25) is 0 Å². The molecule has 3 rings (SSSR count). The van der Waals surface area contributed by atoms with Gasteiger partial charge in [-0.1, -0.05) is 54.6 Å². The van der Waals surface area contributed by atoms with Gasteiger partial charge in [-0.15, -0.1) is 0 Å². The average molecular weight is 287 g/mol. The van der Waals surface area contributed by atoms with Crippen LogP contribution in [0.5, 0.6) is 0 Å². The molecule has 3 heteroatoms. The van der Waals surface area contributed by atoms with E-state index in [4.69, 9.17) is 10.8 Å². The van der Waals surface area contributed by atoms with E-state index in [1.165, 1.54) is 0 Å². The SMILES string of the molecule is CC(=N)N(C(=N)c1ccc2ccccc2c1)c1ccccc1. The van der Waals surface area contributed by atoms with E-state index in [1.807, 2.05) is 66.7 Å². The molecule has 0 saturated heterocycles. The molecule has 0 aliphatic heterocycles. The van der Waals surface area contributed by atoms with Gasteiger partial charge < -0.3 is 0 Å². The molecular formula is C19H17N3. The maximum Gasteiger partial charge on any atom is 0.138 e.